The zero-order valence-electron chi connectivity index (χ0n) is 11.8. The monoisotopic (exact) mass is 266 g/mol. The van der Waals surface area contributed by atoms with E-state index in [1.165, 1.54) is 0 Å². The second kappa shape index (κ2) is 7.25. The van der Waals surface area contributed by atoms with Gasteiger partial charge in [0.15, 0.2) is 0 Å². The van der Waals surface area contributed by atoms with Crippen molar-refractivity contribution >= 4 is 0 Å². The molecule has 2 heteroatoms. The van der Waals surface area contributed by atoms with Crippen LogP contribution in [0.4, 0.5) is 0 Å². The van der Waals surface area contributed by atoms with Crippen molar-refractivity contribution in [3.63, 3.8) is 0 Å². The van der Waals surface area contributed by atoms with E-state index in [0.29, 0.717) is 13.2 Å². The summed E-state index contributed by atoms with van der Waals surface area (Å²) in [5.41, 5.74) is 1.95. The Bertz CT molecular complexity index is 533. The average molecular weight is 266 g/mol. The lowest BCUT2D eigenvalue weighted by Crippen LogP contribution is -1.90. The minimum atomic E-state index is 0.678. The van der Waals surface area contributed by atoms with Gasteiger partial charge < -0.3 is 9.47 Å². The van der Waals surface area contributed by atoms with Gasteiger partial charge in [0.05, 0.1) is 13.2 Å². The van der Waals surface area contributed by atoms with Crippen molar-refractivity contribution in [2.24, 2.45) is 0 Å². The molecule has 2 aromatic rings. The van der Waals surface area contributed by atoms with Crippen LogP contribution in [0.1, 0.15) is 25.0 Å². The van der Waals surface area contributed by atoms with Gasteiger partial charge in [-0.15, -0.1) is 0 Å². The van der Waals surface area contributed by atoms with E-state index in [9.17, 15) is 0 Å². The van der Waals surface area contributed by atoms with E-state index < -0.39 is 0 Å². The summed E-state index contributed by atoms with van der Waals surface area (Å²) in [4.78, 5) is 0. The first-order valence-electron chi connectivity index (χ1n) is 6.79. The van der Waals surface area contributed by atoms with Crippen LogP contribution in [-0.4, -0.2) is 13.2 Å². The largest absolute Gasteiger partial charge is 0.494 e. The van der Waals surface area contributed by atoms with Crippen LogP contribution in [0.5, 0.6) is 11.5 Å². The van der Waals surface area contributed by atoms with Gasteiger partial charge >= 0.3 is 0 Å². The van der Waals surface area contributed by atoms with Crippen molar-refractivity contribution < 1.29 is 9.47 Å². The van der Waals surface area contributed by atoms with Crippen LogP contribution in [0.15, 0.2) is 48.5 Å². The fraction of sp³-hybridized carbons (Fsp3) is 0.222. The summed E-state index contributed by atoms with van der Waals surface area (Å²) < 4.78 is 10.8. The van der Waals surface area contributed by atoms with E-state index in [1.807, 2.05) is 62.4 Å². The van der Waals surface area contributed by atoms with Crippen LogP contribution in [-0.2, 0) is 0 Å². The molecular weight excluding hydrogens is 248 g/mol. The Morgan fingerprint density at radius 2 is 1.00 bits per heavy atom. The molecule has 0 saturated carbocycles. The molecule has 0 saturated heterocycles. The van der Waals surface area contributed by atoms with Crippen LogP contribution in [0.3, 0.4) is 0 Å². The normalized spacial score (nSPS) is 9.50. The standard InChI is InChI=1S/C18H18O2/c1-3-19-17-11-7-15(8-12-17)5-6-16-9-13-18(14-10-16)20-4-2/h7-14H,3-4H2,1-2H3. The van der Waals surface area contributed by atoms with Gasteiger partial charge in [0.1, 0.15) is 11.5 Å². The zero-order valence-corrected chi connectivity index (χ0v) is 11.8. The highest BCUT2D eigenvalue weighted by molar-refractivity contribution is 5.45. The Kier molecular flexibility index (Phi) is 5.08. The molecule has 2 rings (SSSR count). The Hall–Kier alpha value is -2.40. The average Bonchev–Trinajstić information content (AvgIpc) is 2.49. The molecule has 0 bridgehead atoms. The molecule has 0 aliphatic carbocycles. The van der Waals surface area contributed by atoms with Crippen molar-refractivity contribution in [3.8, 4) is 23.3 Å². The lowest BCUT2D eigenvalue weighted by Gasteiger charge is -2.02. The smallest absolute Gasteiger partial charge is 0.119 e. The van der Waals surface area contributed by atoms with Gasteiger partial charge in [0, 0.05) is 11.1 Å². The molecule has 0 aliphatic rings. The molecule has 0 aromatic heterocycles. The van der Waals surface area contributed by atoms with Crippen molar-refractivity contribution in [1.82, 2.24) is 0 Å². The summed E-state index contributed by atoms with van der Waals surface area (Å²) in [6, 6.07) is 15.6. The van der Waals surface area contributed by atoms with Gasteiger partial charge in [-0.1, -0.05) is 11.8 Å². The van der Waals surface area contributed by atoms with Gasteiger partial charge in [-0.05, 0) is 62.4 Å². The maximum Gasteiger partial charge on any atom is 0.119 e. The molecule has 102 valence electrons. The second-order valence-electron chi connectivity index (χ2n) is 4.16. The van der Waals surface area contributed by atoms with Gasteiger partial charge in [-0.3, -0.25) is 0 Å². The number of hydrogen-bond donors (Lipinski definition) is 0. The first-order chi connectivity index (χ1) is 9.81. The lowest BCUT2D eigenvalue weighted by molar-refractivity contribution is 0.340. The maximum absolute atomic E-state index is 5.40. The Balaban J connectivity index is 2.05. The predicted molar refractivity (Wildman–Crippen MR) is 81.2 cm³/mol. The molecule has 0 spiro atoms. The molecule has 0 aliphatic heterocycles. The Morgan fingerprint density at radius 3 is 1.30 bits per heavy atom. The van der Waals surface area contributed by atoms with E-state index in [-0.39, 0.29) is 0 Å². The van der Waals surface area contributed by atoms with Gasteiger partial charge in [-0.25, -0.2) is 0 Å². The van der Waals surface area contributed by atoms with E-state index in [4.69, 9.17) is 9.47 Å². The summed E-state index contributed by atoms with van der Waals surface area (Å²) in [5, 5.41) is 0. The van der Waals surface area contributed by atoms with E-state index in [2.05, 4.69) is 11.8 Å². The molecule has 0 amide bonds. The number of ether oxygens (including phenoxy) is 2. The van der Waals surface area contributed by atoms with Crippen molar-refractivity contribution in [3.05, 3.63) is 59.7 Å². The van der Waals surface area contributed by atoms with Gasteiger partial charge in [-0.2, -0.15) is 0 Å². The summed E-state index contributed by atoms with van der Waals surface area (Å²) in [6.45, 7) is 5.30. The summed E-state index contributed by atoms with van der Waals surface area (Å²) in [6.07, 6.45) is 0. The van der Waals surface area contributed by atoms with E-state index in [0.717, 1.165) is 22.6 Å². The third-order valence-electron chi connectivity index (χ3n) is 2.68. The van der Waals surface area contributed by atoms with E-state index in [1.54, 1.807) is 0 Å². The SMILES string of the molecule is CCOc1ccc(C#Cc2ccc(OCC)cc2)cc1. The molecular formula is C18H18O2. The molecule has 0 unspecified atom stereocenters. The molecule has 0 fully saturated rings. The van der Waals surface area contributed by atoms with Crippen LogP contribution in [0, 0.1) is 11.8 Å². The number of hydrogen-bond acceptors (Lipinski definition) is 2. The highest BCUT2D eigenvalue weighted by Gasteiger charge is 1.93. The topological polar surface area (TPSA) is 18.5 Å². The number of benzene rings is 2. The first kappa shape index (κ1) is 14.0. The molecule has 0 atom stereocenters. The first-order valence-corrected chi connectivity index (χ1v) is 6.79. The predicted octanol–water partition coefficient (Wildman–Crippen LogP) is 3.88. The number of rotatable bonds is 4. The fourth-order valence-electron chi connectivity index (χ4n) is 1.75. The van der Waals surface area contributed by atoms with Crippen LogP contribution in [0.25, 0.3) is 0 Å². The van der Waals surface area contributed by atoms with Crippen molar-refractivity contribution in [1.29, 1.82) is 0 Å². The molecule has 2 nitrogen and oxygen atoms in total. The fourth-order valence-corrected chi connectivity index (χ4v) is 1.75. The Labute approximate surface area is 120 Å². The summed E-state index contributed by atoms with van der Waals surface area (Å²) in [7, 11) is 0. The minimum absolute atomic E-state index is 0.678. The summed E-state index contributed by atoms with van der Waals surface area (Å²) in [5.74, 6) is 8.02. The second-order valence-corrected chi connectivity index (χ2v) is 4.16. The molecule has 0 radical (unpaired) electrons. The maximum atomic E-state index is 5.40. The Morgan fingerprint density at radius 1 is 0.650 bits per heavy atom. The highest BCUT2D eigenvalue weighted by atomic mass is 16.5. The third kappa shape index (κ3) is 4.07. The third-order valence-corrected chi connectivity index (χ3v) is 2.68. The van der Waals surface area contributed by atoms with Crippen molar-refractivity contribution in [2.45, 2.75) is 13.8 Å². The lowest BCUT2D eigenvalue weighted by atomic mass is 10.2. The molecule has 20 heavy (non-hydrogen) atoms. The quantitative estimate of drug-likeness (QED) is 0.782. The van der Waals surface area contributed by atoms with E-state index >= 15 is 0 Å². The zero-order chi connectivity index (χ0) is 14.2. The van der Waals surface area contributed by atoms with Crippen LogP contribution < -0.4 is 9.47 Å². The van der Waals surface area contributed by atoms with Crippen LogP contribution in [0.2, 0.25) is 0 Å². The van der Waals surface area contributed by atoms with Gasteiger partial charge in [0.2, 0.25) is 0 Å². The van der Waals surface area contributed by atoms with Gasteiger partial charge in [0.25, 0.3) is 0 Å². The molecule has 0 heterocycles. The highest BCUT2D eigenvalue weighted by Crippen LogP contribution is 2.13. The molecule has 0 N–H and O–H groups in total. The van der Waals surface area contributed by atoms with Crippen LogP contribution >= 0.6 is 0 Å². The minimum Gasteiger partial charge on any atom is -0.494 e. The molecule has 2 aromatic carbocycles. The van der Waals surface area contributed by atoms with Crippen molar-refractivity contribution in [2.75, 3.05) is 13.2 Å². The summed E-state index contributed by atoms with van der Waals surface area (Å²) >= 11 is 0.